The van der Waals surface area contributed by atoms with E-state index in [-0.39, 0.29) is 11.5 Å². The summed E-state index contributed by atoms with van der Waals surface area (Å²) in [5, 5.41) is 18.6. The number of benzene rings is 3. The first kappa shape index (κ1) is 14.8. The van der Waals surface area contributed by atoms with Gasteiger partial charge in [0, 0.05) is 5.56 Å². The van der Waals surface area contributed by atoms with Crippen molar-refractivity contribution in [2.75, 3.05) is 0 Å². The molecule has 116 valence electrons. The normalized spacial score (nSPS) is 10.3. The smallest absolute Gasteiger partial charge is 0.134 e. The molecule has 0 fully saturated rings. The third-order valence-corrected chi connectivity index (χ3v) is 3.36. The van der Waals surface area contributed by atoms with Crippen molar-refractivity contribution in [2.24, 2.45) is 0 Å². The van der Waals surface area contributed by atoms with Gasteiger partial charge >= 0.3 is 0 Å². The van der Waals surface area contributed by atoms with Gasteiger partial charge in [-0.25, -0.2) is 0 Å². The lowest BCUT2D eigenvalue weighted by atomic mass is 10.2. The quantitative estimate of drug-likeness (QED) is 0.713. The third kappa shape index (κ3) is 3.55. The molecule has 4 heteroatoms. The molecular formula is C19H16O4. The van der Waals surface area contributed by atoms with E-state index in [1.807, 2.05) is 25.1 Å². The molecule has 0 saturated heterocycles. The Hall–Kier alpha value is -3.14. The molecule has 0 aliphatic heterocycles. The van der Waals surface area contributed by atoms with Crippen molar-refractivity contribution >= 4 is 0 Å². The third-order valence-electron chi connectivity index (χ3n) is 3.36. The van der Waals surface area contributed by atoms with Gasteiger partial charge in [0.1, 0.15) is 34.5 Å². The average Bonchev–Trinajstić information content (AvgIpc) is 2.55. The van der Waals surface area contributed by atoms with Crippen LogP contribution in [0.25, 0.3) is 0 Å². The van der Waals surface area contributed by atoms with Crippen LogP contribution in [-0.2, 0) is 0 Å². The van der Waals surface area contributed by atoms with Crippen LogP contribution in [0.2, 0.25) is 0 Å². The molecule has 0 aliphatic carbocycles. The van der Waals surface area contributed by atoms with Gasteiger partial charge in [0.15, 0.2) is 0 Å². The molecule has 0 aromatic heterocycles. The second-order valence-corrected chi connectivity index (χ2v) is 5.07. The van der Waals surface area contributed by atoms with Crippen molar-refractivity contribution in [2.45, 2.75) is 6.92 Å². The van der Waals surface area contributed by atoms with Crippen molar-refractivity contribution in [3.05, 3.63) is 72.3 Å². The minimum absolute atomic E-state index is 0.193. The van der Waals surface area contributed by atoms with E-state index in [0.717, 1.165) is 5.56 Å². The summed E-state index contributed by atoms with van der Waals surface area (Å²) in [6.45, 7) is 1.91. The van der Waals surface area contributed by atoms with Gasteiger partial charge in [-0.05, 0) is 67.6 Å². The Balaban J connectivity index is 1.83. The Morgan fingerprint density at radius 1 is 0.609 bits per heavy atom. The second-order valence-electron chi connectivity index (χ2n) is 5.07. The van der Waals surface area contributed by atoms with Crippen molar-refractivity contribution in [1.82, 2.24) is 0 Å². The molecule has 0 unspecified atom stereocenters. The summed E-state index contributed by atoms with van der Waals surface area (Å²) in [5.74, 6) is 3.00. The SMILES string of the molecule is Cc1c(Oc2ccc(O)cc2)cccc1Oc1ccc(O)cc1. The lowest BCUT2D eigenvalue weighted by molar-refractivity contribution is 0.447. The van der Waals surface area contributed by atoms with E-state index < -0.39 is 0 Å². The van der Waals surface area contributed by atoms with E-state index in [4.69, 9.17) is 9.47 Å². The van der Waals surface area contributed by atoms with Crippen LogP contribution in [0.15, 0.2) is 66.7 Å². The molecule has 0 aliphatic rings. The minimum atomic E-state index is 0.193. The molecule has 4 nitrogen and oxygen atoms in total. The van der Waals surface area contributed by atoms with Crippen molar-refractivity contribution < 1.29 is 19.7 Å². The van der Waals surface area contributed by atoms with Gasteiger partial charge in [-0.3, -0.25) is 0 Å². The maximum atomic E-state index is 9.31. The summed E-state index contributed by atoms with van der Waals surface area (Å²) in [5.41, 5.74) is 0.855. The van der Waals surface area contributed by atoms with E-state index in [9.17, 15) is 10.2 Å². The van der Waals surface area contributed by atoms with Crippen molar-refractivity contribution in [3.63, 3.8) is 0 Å². The van der Waals surface area contributed by atoms with E-state index in [2.05, 4.69) is 0 Å². The van der Waals surface area contributed by atoms with Gasteiger partial charge in [-0.1, -0.05) is 6.07 Å². The predicted molar refractivity (Wildman–Crippen MR) is 87.5 cm³/mol. The highest BCUT2D eigenvalue weighted by molar-refractivity contribution is 5.48. The molecule has 0 radical (unpaired) electrons. The molecular weight excluding hydrogens is 292 g/mol. The monoisotopic (exact) mass is 308 g/mol. The number of phenols is 2. The van der Waals surface area contributed by atoms with Gasteiger partial charge in [0.2, 0.25) is 0 Å². The number of ether oxygens (including phenoxy) is 2. The number of aromatic hydroxyl groups is 2. The fourth-order valence-corrected chi connectivity index (χ4v) is 2.10. The Kier molecular flexibility index (Phi) is 4.06. The van der Waals surface area contributed by atoms with Crippen LogP contribution in [0.1, 0.15) is 5.56 Å². The summed E-state index contributed by atoms with van der Waals surface area (Å²) in [6.07, 6.45) is 0. The van der Waals surface area contributed by atoms with E-state index in [0.29, 0.717) is 23.0 Å². The van der Waals surface area contributed by atoms with Crippen LogP contribution < -0.4 is 9.47 Å². The number of hydrogen-bond acceptors (Lipinski definition) is 4. The molecule has 0 saturated carbocycles. The van der Waals surface area contributed by atoms with E-state index >= 15 is 0 Å². The number of phenolic OH excluding ortho intramolecular Hbond substituents is 2. The summed E-state index contributed by atoms with van der Waals surface area (Å²) in [6, 6.07) is 18.6. The van der Waals surface area contributed by atoms with Crippen LogP contribution in [0.5, 0.6) is 34.5 Å². The van der Waals surface area contributed by atoms with Gasteiger partial charge in [-0.2, -0.15) is 0 Å². The summed E-state index contributed by atoms with van der Waals surface area (Å²) in [4.78, 5) is 0. The first-order chi connectivity index (χ1) is 11.1. The summed E-state index contributed by atoms with van der Waals surface area (Å²) < 4.78 is 11.7. The fourth-order valence-electron chi connectivity index (χ4n) is 2.10. The maximum absolute atomic E-state index is 9.31. The molecule has 0 amide bonds. The fraction of sp³-hybridized carbons (Fsp3) is 0.0526. The van der Waals surface area contributed by atoms with E-state index in [1.54, 1.807) is 48.5 Å². The predicted octanol–water partition coefficient (Wildman–Crippen LogP) is 4.99. The molecule has 3 aromatic rings. The van der Waals surface area contributed by atoms with Crippen LogP contribution in [0.4, 0.5) is 0 Å². The molecule has 0 spiro atoms. The highest BCUT2D eigenvalue weighted by Crippen LogP contribution is 2.34. The Morgan fingerprint density at radius 2 is 1.00 bits per heavy atom. The zero-order valence-electron chi connectivity index (χ0n) is 12.6. The minimum Gasteiger partial charge on any atom is -0.508 e. The Bertz CT molecular complexity index is 727. The summed E-state index contributed by atoms with van der Waals surface area (Å²) in [7, 11) is 0. The lowest BCUT2D eigenvalue weighted by Gasteiger charge is -2.13. The second kappa shape index (κ2) is 6.32. The highest BCUT2D eigenvalue weighted by atomic mass is 16.5. The number of rotatable bonds is 4. The van der Waals surface area contributed by atoms with Crippen LogP contribution >= 0.6 is 0 Å². The van der Waals surface area contributed by atoms with Crippen LogP contribution in [0, 0.1) is 6.92 Å². The van der Waals surface area contributed by atoms with Crippen LogP contribution in [-0.4, -0.2) is 10.2 Å². The average molecular weight is 308 g/mol. The van der Waals surface area contributed by atoms with E-state index in [1.165, 1.54) is 0 Å². The van der Waals surface area contributed by atoms with Crippen molar-refractivity contribution in [1.29, 1.82) is 0 Å². The van der Waals surface area contributed by atoms with Crippen molar-refractivity contribution in [3.8, 4) is 34.5 Å². The zero-order valence-corrected chi connectivity index (χ0v) is 12.6. The topological polar surface area (TPSA) is 58.9 Å². The summed E-state index contributed by atoms with van der Waals surface area (Å²) >= 11 is 0. The molecule has 0 atom stereocenters. The lowest BCUT2D eigenvalue weighted by Crippen LogP contribution is -1.92. The Morgan fingerprint density at radius 3 is 1.39 bits per heavy atom. The largest absolute Gasteiger partial charge is 0.508 e. The first-order valence-electron chi connectivity index (χ1n) is 7.15. The van der Waals surface area contributed by atoms with Crippen LogP contribution in [0.3, 0.4) is 0 Å². The molecule has 0 bridgehead atoms. The number of hydrogen-bond donors (Lipinski definition) is 2. The van der Waals surface area contributed by atoms with Gasteiger partial charge < -0.3 is 19.7 Å². The molecule has 23 heavy (non-hydrogen) atoms. The highest BCUT2D eigenvalue weighted by Gasteiger charge is 2.08. The molecule has 3 rings (SSSR count). The standard InChI is InChI=1S/C19H16O4/c1-13-18(22-16-9-5-14(20)6-10-16)3-2-4-19(13)23-17-11-7-15(21)8-12-17/h2-12,20-21H,1H3. The molecule has 0 heterocycles. The molecule has 2 N–H and O–H groups in total. The van der Waals surface area contributed by atoms with Gasteiger partial charge in [0.05, 0.1) is 0 Å². The first-order valence-corrected chi connectivity index (χ1v) is 7.15. The van der Waals surface area contributed by atoms with Gasteiger partial charge in [-0.15, -0.1) is 0 Å². The molecule has 3 aromatic carbocycles. The van der Waals surface area contributed by atoms with Gasteiger partial charge in [0.25, 0.3) is 0 Å². The maximum Gasteiger partial charge on any atom is 0.134 e. The Labute approximate surface area is 134 Å². The zero-order chi connectivity index (χ0) is 16.2.